The third-order valence-electron chi connectivity index (χ3n) is 10.1. The van der Waals surface area contributed by atoms with E-state index < -0.39 is 161 Å². The summed E-state index contributed by atoms with van der Waals surface area (Å²) in [5.74, 6) is -1.17. The zero-order chi connectivity index (χ0) is 44.3. The molecule has 2 amide bonds. The maximum Gasteiger partial charge on any atom is 0.217 e. The number of hydrogen-bond acceptors (Lipinski definition) is 24. The van der Waals surface area contributed by atoms with Crippen LogP contribution >= 0.6 is 0 Å². The highest BCUT2D eigenvalue weighted by Gasteiger charge is 2.53. The predicted molar refractivity (Wildman–Crippen MR) is 190 cm³/mol. The van der Waals surface area contributed by atoms with Crippen molar-refractivity contribution in [3.8, 4) is 0 Å². The molecule has 0 aliphatic carbocycles. The maximum atomic E-state index is 12.0. The average molecular weight is 881 g/mol. The van der Waals surface area contributed by atoms with Gasteiger partial charge in [-0.2, -0.15) is 0 Å². The summed E-state index contributed by atoms with van der Waals surface area (Å²) in [6.45, 7) is -0.806. The normalized spacial score (nSPS) is 42.4. The largest absolute Gasteiger partial charge is 0.394 e. The summed E-state index contributed by atoms with van der Waals surface area (Å²) in [7, 11) is 0. The van der Waals surface area contributed by atoms with Crippen molar-refractivity contribution >= 4 is 11.8 Å². The Hall–Kier alpha value is -1.94. The first-order chi connectivity index (χ1) is 28.6. The number of ether oxygens (including phenoxy) is 10. The molecule has 0 aromatic rings. The zero-order valence-electron chi connectivity index (χ0n) is 32.9. The van der Waals surface area contributed by atoms with Crippen molar-refractivity contribution < 1.29 is 118 Å². The molecule has 60 heavy (non-hydrogen) atoms. The molecule has 4 fully saturated rings. The van der Waals surface area contributed by atoms with Crippen LogP contribution in [0.3, 0.4) is 0 Å². The van der Waals surface area contributed by atoms with Crippen molar-refractivity contribution in [3.05, 3.63) is 0 Å². The topological polar surface area (TPSA) is 393 Å². The van der Waals surface area contributed by atoms with Gasteiger partial charge in [-0.25, -0.2) is 0 Å². The van der Waals surface area contributed by atoms with E-state index in [2.05, 4.69) is 10.6 Å². The Labute approximate surface area is 343 Å². The molecule has 4 aliphatic rings. The molecule has 4 saturated heterocycles. The summed E-state index contributed by atoms with van der Waals surface area (Å²) in [6.07, 6.45) is -27.9. The van der Waals surface area contributed by atoms with Gasteiger partial charge >= 0.3 is 0 Å². The van der Waals surface area contributed by atoms with Crippen LogP contribution in [0.1, 0.15) is 13.8 Å². The molecule has 4 rings (SSSR count). The maximum absolute atomic E-state index is 12.0. The van der Waals surface area contributed by atoms with Crippen LogP contribution in [0.2, 0.25) is 0 Å². The number of rotatable bonds is 21. The first-order valence-electron chi connectivity index (χ1n) is 19.3. The minimum Gasteiger partial charge on any atom is -0.394 e. The minimum atomic E-state index is -1.81. The van der Waals surface area contributed by atoms with Gasteiger partial charge in [0.2, 0.25) is 11.8 Å². The lowest BCUT2D eigenvalue weighted by Crippen LogP contribution is -2.67. The molecule has 0 spiro atoms. The molecule has 4 aliphatic heterocycles. The number of aliphatic hydroxyl groups is 12. The molecule has 0 saturated carbocycles. The van der Waals surface area contributed by atoms with Crippen LogP contribution < -0.4 is 10.6 Å². The summed E-state index contributed by atoms with van der Waals surface area (Å²) in [4.78, 5) is 24.0. The van der Waals surface area contributed by atoms with Crippen molar-refractivity contribution in [2.75, 3.05) is 66.1 Å². The van der Waals surface area contributed by atoms with Crippen LogP contribution in [0, 0.1) is 0 Å². The first-order valence-corrected chi connectivity index (χ1v) is 19.3. The van der Waals surface area contributed by atoms with Gasteiger partial charge in [-0.3, -0.25) is 9.59 Å². The monoisotopic (exact) mass is 880 g/mol. The highest BCUT2D eigenvalue weighted by molar-refractivity contribution is 5.73. The molecule has 350 valence electrons. The summed E-state index contributed by atoms with van der Waals surface area (Å²) in [5, 5.41) is 127. The van der Waals surface area contributed by atoms with Gasteiger partial charge in [0.15, 0.2) is 25.2 Å². The Morgan fingerprint density at radius 3 is 1.07 bits per heavy atom. The van der Waals surface area contributed by atoms with Crippen molar-refractivity contribution in [2.45, 2.75) is 137 Å². The molecule has 0 bridgehead atoms. The van der Waals surface area contributed by atoms with Gasteiger partial charge in [-0.05, 0) is 0 Å². The van der Waals surface area contributed by atoms with Gasteiger partial charge in [-0.15, -0.1) is 0 Å². The lowest BCUT2D eigenvalue weighted by molar-refractivity contribution is -0.348. The van der Waals surface area contributed by atoms with E-state index in [1.165, 1.54) is 13.8 Å². The Kier molecular flexibility index (Phi) is 20.5. The first kappa shape index (κ1) is 50.7. The Balaban J connectivity index is 1.20. The number of hydrogen-bond donors (Lipinski definition) is 14. The lowest BCUT2D eigenvalue weighted by atomic mass is 9.95. The van der Waals surface area contributed by atoms with Crippen LogP contribution in [0.4, 0.5) is 0 Å². The van der Waals surface area contributed by atoms with Gasteiger partial charge in [0.1, 0.15) is 97.5 Å². The second-order valence-electron chi connectivity index (χ2n) is 14.4. The van der Waals surface area contributed by atoms with Crippen LogP contribution in [-0.2, 0) is 57.0 Å². The van der Waals surface area contributed by atoms with E-state index in [1.807, 2.05) is 0 Å². The summed E-state index contributed by atoms with van der Waals surface area (Å²) in [5.41, 5.74) is 0. The van der Waals surface area contributed by atoms with E-state index in [4.69, 9.17) is 47.4 Å². The SMILES string of the molecule is CC(=O)N[C@H]1[C@H](OCCOCCOCCO[C@@H]2O[C@H](CO)[C@@H](O[C@@H]3O[C@H](CO)[C@H](O)[C@H](O)[C@H]3O)[C@H](O)[C@H]2NC(C)=O)O[C@H](CO)[C@@H](O[C@@H]2O[C@H](CO)[C@H](O)[C@H](O)[C@H]2O)[C@@H]1O. The summed E-state index contributed by atoms with van der Waals surface area (Å²) >= 11 is 0. The molecule has 0 aromatic carbocycles. The van der Waals surface area contributed by atoms with Crippen LogP contribution in [-0.4, -0.2) is 262 Å². The molecule has 26 nitrogen and oxygen atoms in total. The Morgan fingerprint density at radius 2 is 0.750 bits per heavy atom. The van der Waals surface area contributed by atoms with Crippen molar-refractivity contribution in [3.63, 3.8) is 0 Å². The van der Waals surface area contributed by atoms with Gasteiger partial charge in [-0.1, -0.05) is 0 Å². The van der Waals surface area contributed by atoms with Crippen molar-refractivity contribution in [2.24, 2.45) is 0 Å². The summed E-state index contributed by atoms with van der Waals surface area (Å²) < 4.78 is 55.9. The molecule has 0 radical (unpaired) electrons. The Bertz CT molecular complexity index is 1200. The van der Waals surface area contributed by atoms with Gasteiger partial charge in [0.05, 0.1) is 66.1 Å². The van der Waals surface area contributed by atoms with E-state index in [0.29, 0.717) is 0 Å². The molecular formula is C34H60N2O24. The van der Waals surface area contributed by atoms with E-state index in [0.717, 1.165) is 0 Å². The second kappa shape index (κ2) is 24.2. The Morgan fingerprint density at radius 1 is 0.433 bits per heavy atom. The van der Waals surface area contributed by atoms with Crippen LogP contribution in [0.25, 0.3) is 0 Å². The second-order valence-corrected chi connectivity index (χ2v) is 14.4. The molecular weight excluding hydrogens is 820 g/mol. The third kappa shape index (κ3) is 12.8. The molecule has 0 unspecified atom stereocenters. The van der Waals surface area contributed by atoms with Crippen molar-refractivity contribution in [1.82, 2.24) is 10.6 Å². The number of aliphatic hydroxyl groups excluding tert-OH is 12. The predicted octanol–water partition coefficient (Wildman–Crippen LogP) is -9.41. The smallest absolute Gasteiger partial charge is 0.217 e. The number of carbonyl (C=O) groups excluding carboxylic acids is 2. The van der Waals surface area contributed by atoms with E-state index in [9.17, 15) is 70.9 Å². The van der Waals surface area contributed by atoms with Gasteiger partial charge in [0, 0.05) is 13.8 Å². The van der Waals surface area contributed by atoms with Gasteiger partial charge < -0.3 is 119 Å². The van der Waals surface area contributed by atoms with E-state index in [-0.39, 0.29) is 39.6 Å². The fourth-order valence-corrected chi connectivity index (χ4v) is 6.97. The highest BCUT2D eigenvalue weighted by Crippen LogP contribution is 2.31. The molecule has 0 aromatic heterocycles. The number of amides is 2. The molecule has 20 atom stereocenters. The van der Waals surface area contributed by atoms with Crippen LogP contribution in [0.15, 0.2) is 0 Å². The van der Waals surface area contributed by atoms with Crippen LogP contribution in [0.5, 0.6) is 0 Å². The average Bonchev–Trinajstić information content (AvgIpc) is 3.22. The quantitative estimate of drug-likeness (QED) is 0.0476. The minimum absolute atomic E-state index is 0.0295. The van der Waals surface area contributed by atoms with E-state index in [1.54, 1.807) is 0 Å². The fourth-order valence-electron chi connectivity index (χ4n) is 6.97. The molecule has 14 N–H and O–H groups in total. The fraction of sp³-hybridized carbons (Fsp3) is 0.941. The highest BCUT2D eigenvalue weighted by atomic mass is 16.8. The van der Waals surface area contributed by atoms with Gasteiger partial charge in [0.25, 0.3) is 0 Å². The third-order valence-corrected chi connectivity index (χ3v) is 10.1. The standard InChI is InChI=1S/C34H60N2O24/c1-13(41)35-19-23(45)29(59-33-27(49)25(47)21(43)15(9-37)55-33)17(11-39)57-31(19)53-7-5-51-3-4-52-6-8-54-32-20(36-14(2)42)24(46)30(18(12-40)58-32)60-34-28(50)26(48)22(44)16(10-38)56-34/h15-34,37-40,43-50H,3-12H2,1-2H3,(H,35,41)(H,36,42)/t15-,16-,17-,18-,19-,20-,21+,22+,23-,24-,25+,26+,27-,28-,29-,30-,31-,32-,33+,34+/m1/s1. The molecule has 26 heteroatoms. The lowest BCUT2D eigenvalue weighted by Gasteiger charge is -2.47. The van der Waals surface area contributed by atoms with Crippen molar-refractivity contribution in [1.29, 1.82) is 0 Å². The zero-order valence-corrected chi connectivity index (χ0v) is 32.9. The van der Waals surface area contributed by atoms with E-state index >= 15 is 0 Å². The number of nitrogens with one attached hydrogen (secondary N) is 2. The number of carbonyl (C=O) groups is 2. The molecule has 4 heterocycles. The summed E-state index contributed by atoms with van der Waals surface area (Å²) in [6, 6.07) is -2.53.